The first-order valence-corrected chi connectivity index (χ1v) is 7.41. The number of likely N-dealkylation sites (N-methyl/N-ethyl adjacent to an activating group) is 1. The van der Waals surface area contributed by atoms with Crippen molar-refractivity contribution in [1.29, 1.82) is 0 Å². The van der Waals surface area contributed by atoms with Gasteiger partial charge < -0.3 is 15.0 Å². The molecule has 1 N–H and O–H groups in total. The van der Waals surface area contributed by atoms with Crippen LogP contribution in [0.3, 0.4) is 0 Å². The molecule has 2 aliphatic heterocycles. The Morgan fingerprint density at radius 3 is 2.35 bits per heavy atom. The zero-order valence-electron chi connectivity index (χ0n) is 11.3. The maximum atomic E-state index is 6.07. The highest BCUT2D eigenvalue weighted by atomic mass is 16.5. The Hall–Kier alpha value is -0.120. The minimum atomic E-state index is 0.458. The average Bonchev–Trinajstić information content (AvgIpc) is 2.70. The van der Waals surface area contributed by atoms with E-state index in [9.17, 15) is 0 Å². The highest BCUT2D eigenvalue weighted by molar-refractivity contribution is 4.78. The smallest absolute Gasteiger partial charge is 0.0707 e. The van der Waals surface area contributed by atoms with E-state index in [0.717, 1.165) is 6.54 Å². The van der Waals surface area contributed by atoms with Crippen LogP contribution < -0.4 is 5.32 Å². The standard InChI is InChI=1S/C14H28N2O/c1-15-11-13-7-8-14(17-13)12-16-9-5-3-2-4-6-10-16/h13-15H,2-12H2,1H3. The summed E-state index contributed by atoms with van der Waals surface area (Å²) in [5.41, 5.74) is 0. The minimum absolute atomic E-state index is 0.458. The predicted molar refractivity (Wildman–Crippen MR) is 71.3 cm³/mol. The quantitative estimate of drug-likeness (QED) is 0.813. The van der Waals surface area contributed by atoms with Crippen LogP contribution in [-0.2, 0) is 4.74 Å². The number of ether oxygens (including phenoxy) is 1. The molecule has 0 saturated carbocycles. The van der Waals surface area contributed by atoms with Gasteiger partial charge in [-0.2, -0.15) is 0 Å². The van der Waals surface area contributed by atoms with E-state index in [1.807, 2.05) is 7.05 Å². The molecule has 2 fully saturated rings. The Labute approximate surface area is 106 Å². The number of nitrogens with zero attached hydrogens (tertiary/aromatic N) is 1. The monoisotopic (exact) mass is 240 g/mol. The summed E-state index contributed by atoms with van der Waals surface area (Å²) >= 11 is 0. The van der Waals surface area contributed by atoms with E-state index in [-0.39, 0.29) is 0 Å². The van der Waals surface area contributed by atoms with Crippen molar-refractivity contribution < 1.29 is 4.74 Å². The maximum Gasteiger partial charge on any atom is 0.0707 e. The van der Waals surface area contributed by atoms with Crippen LogP contribution in [0.1, 0.15) is 44.9 Å². The molecule has 2 unspecified atom stereocenters. The third kappa shape index (κ3) is 4.57. The second kappa shape index (κ2) is 7.34. The van der Waals surface area contributed by atoms with Gasteiger partial charge in [0.15, 0.2) is 0 Å². The van der Waals surface area contributed by atoms with Gasteiger partial charge in [0.05, 0.1) is 12.2 Å². The third-order valence-electron chi connectivity index (χ3n) is 4.04. The molecular formula is C14H28N2O. The van der Waals surface area contributed by atoms with E-state index in [0.29, 0.717) is 12.2 Å². The SMILES string of the molecule is CNCC1CCC(CN2CCCCCCC2)O1. The normalized spacial score (nSPS) is 32.3. The van der Waals surface area contributed by atoms with Crippen LogP contribution in [-0.4, -0.2) is 50.3 Å². The predicted octanol–water partition coefficient (Wildman–Crippen LogP) is 2.02. The highest BCUT2D eigenvalue weighted by Crippen LogP contribution is 2.21. The van der Waals surface area contributed by atoms with Crippen molar-refractivity contribution in [2.24, 2.45) is 0 Å². The Morgan fingerprint density at radius 1 is 1.00 bits per heavy atom. The zero-order valence-corrected chi connectivity index (χ0v) is 11.3. The first-order chi connectivity index (χ1) is 8.38. The van der Waals surface area contributed by atoms with Crippen LogP contribution in [0.25, 0.3) is 0 Å². The summed E-state index contributed by atoms with van der Waals surface area (Å²) in [5.74, 6) is 0. The van der Waals surface area contributed by atoms with Gasteiger partial charge in [-0.3, -0.25) is 0 Å². The lowest BCUT2D eigenvalue weighted by atomic mass is 10.1. The van der Waals surface area contributed by atoms with Gasteiger partial charge in [-0.15, -0.1) is 0 Å². The number of hydrogen-bond donors (Lipinski definition) is 1. The molecule has 2 saturated heterocycles. The first-order valence-electron chi connectivity index (χ1n) is 7.41. The third-order valence-corrected chi connectivity index (χ3v) is 4.04. The second-order valence-corrected chi connectivity index (χ2v) is 5.58. The molecular weight excluding hydrogens is 212 g/mol. The van der Waals surface area contributed by atoms with Crippen molar-refractivity contribution in [3.05, 3.63) is 0 Å². The van der Waals surface area contributed by atoms with Gasteiger partial charge in [-0.25, -0.2) is 0 Å². The van der Waals surface area contributed by atoms with Gasteiger partial charge in [0.25, 0.3) is 0 Å². The van der Waals surface area contributed by atoms with Crippen LogP contribution in [0.5, 0.6) is 0 Å². The van der Waals surface area contributed by atoms with Crippen LogP contribution in [0, 0.1) is 0 Å². The molecule has 0 aromatic carbocycles. The van der Waals surface area contributed by atoms with Crippen molar-refractivity contribution >= 4 is 0 Å². The van der Waals surface area contributed by atoms with Crippen molar-refractivity contribution in [3.63, 3.8) is 0 Å². The fourth-order valence-corrected chi connectivity index (χ4v) is 3.08. The molecule has 2 aliphatic rings. The molecule has 3 nitrogen and oxygen atoms in total. The minimum Gasteiger partial charge on any atom is -0.372 e. The largest absolute Gasteiger partial charge is 0.372 e. The second-order valence-electron chi connectivity index (χ2n) is 5.58. The van der Waals surface area contributed by atoms with E-state index in [1.54, 1.807) is 0 Å². The zero-order chi connectivity index (χ0) is 11.9. The van der Waals surface area contributed by atoms with Crippen LogP contribution in [0.2, 0.25) is 0 Å². The van der Waals surface area contributed by atoms with Crippen LogP contribution in [0.4, 0.5) is 0 Å². The average molecular weight is 240 g/mol. The molecule has 0 spiro atoms. The van der Waals surface area contributed by atoms with Crippen LogP contribution >= 0.6 is 0 Å². The number of rotatable bonds is 4. The Bertz CT molecular complexity index is 202. The molecule has 100 valence electrons. The lowest BCUT2D eigenvalue weighted by molar-refractivity contribution is 0.0228. The molecule has 3 heteroatoms. The van der Waals surface area contributed by atoms with Crippen molar-refractivity contribution in [1.82, 2.24) is 10.2 Å². The van der Waals surface area contributed by atoms with E-state index in [1.165, 1.54) is 64.6 Å². The molecule has 0 aliphatic carbocycles. The molecule has 17 heavy (non-hydrogen) atoms. The van der Waals surface area contributed by atoms with E-state index in [2.05, 4.69) is 10.2 Å². The Kier molecular flexibility index (Phi) is 5.75. The summed E-state index contributed by atoms with van der Waals surface area (Å²) in [4.78, 5) is 2.63. The summed E-state index contributed by atoms with van der Waals surface area (Å²) in [6, 6.07) is 0. The van der Waals surface area contributed by atoms with Crippen molar-refractivity contribution in [2.45, 2.75) is 57.2 Å². The molecule has 0 amide bonds. The summed E-state index contributed by atoms with van der Waals surface area (Å²) < 4.78 is 6.07. The van der Waals surface area contributed by atoms with E-state index >= 15 is 0 Å². The molecule has 0 aromatic heterocycles. The van der Waals surface area contributed by atoms with Gasteiger partial charge >= 0.3 is 0 Å². The maximum absolute atomic E-state index is 6.07. The lowest BCUT2D eigenvalue weighted by Crippen LogP contribution is -2.35. The van der Waals surface area contributed by atoms with Gasteiger partial charge in [-0.1, -0.05) is 19.3 Å². The number of hydrogen-bond acceptors (Lipinski definition) is 3. The summed E-state index contributed by atoms with van der Waals surface area (Å²) in [5, 5.41) is 3.21. The summed E-state index contributed by atoms with van der Waals surface area (Å²) in [7, 11) is 2.01. The van der Waals surface area contributed by atoms with Gasteiger partial charge in [0.1, 0.15) is 0 Å². The van der Waals surface area contributed by atoms with Gasteiger partial charge in [0.2, 0.25) is 0 Å². The molecule has 2 heterocycles. The van der Waals surface area contributed by atoms with Gasteiger partial charge in [-0.05, 0) is 45.8 Å². The molecule has 2 atom stereocenters. The molecule has 0 radical (unpaired) electrons. The van der Waals surface area contributed by atoms with Gasteiger partial charge in [0, 0.05) is 13.1 Å². The van der Waals surface area contributed by atoms with E-state index in [4.69, 9.17) is 4.74 Å². The number of likely N-dealkylation sites (tertiary alicyclic amines) is 1. The Morgan fingerprint density at radius 2 is 1.65 bits per heavy atom. The fourth-order valence-electron chi connectivity index (χ4n) is 3.08. The summed E-state index contributed by atoms with van der Waals surface area (Å²) in [6.07, 6.45) is 10.5. The molecule has 2 rings (SSSR count). The first kappa shape index (κ1) is 13.3. The fraction of sp³-hybridized carbons (Fsp3) is 1.00. The highest BCUT2D eigenvalue weighted by Gasteiger charge is 2.26. The molecule has 0 bridgehead atoms. The van der Waals surface area contributed by atoms with Crippen molar-refractivity contribution in [2.75, 3.05) is 33.2 Å². The van der Waals surface area contributed by atoms with Crippen LogP contribution in [0.15, 0.2) is 0 Å². The van der Waals surface area contributed by atoms with Crippen molar-refractivity contribution in [3.8, 4) is 0 Å². The Balaban J connectivity index is 1.68. The number of nitrogens with one attached hydrogen (secondary N) is 1. The lowest BCUT2D eigenvalue weighted by Gasteiger charge is -2.27. The molecule has 0 aromatic rings. The van der Waals surface area contributed by atoms with E-state index < -0.39 is 0 Å². The summed E-state index contributed by atoms with van der Waals surface area (Å²) in [6.45, 7) is 4.75. The topological polar surface area (TPSA) is 24.5 Å².